The quantitative estimate of drug-likeness (QED) is 0.685. The van der Waals surface area contributed by atoms with E-state index in [0.29, 0.717) is 12.0 Å². The molecule has 0 saturated heterocycles. The zero-order valence-corrected chi connectivity index (χ0v) is 9.23. The number of aliphatic carboxylic acids is 1. The Labute approximate surface area is 93.1 Å². The number of carbonyl (C=O) groups is 2. The molecule has 16 heavy (non-hydrogen) atoms. The third-order valence-corrected chi connectivity index (χ3v) is 2.53. The molecule has 0 aliphatic carbocycles. The van der Waals surface area contributed by atoms with E-state index in [4.69, 9.17) is 5.11 Å². The summed E-state index contributed by atoms with van der Waals surface area (Å²) in [6.45, 7) is 3.67. The lowest BCUT2D eigenvalue weighted by atomic mass is 9.99. The van der Waals surface area contributed by atoms with Crippen molar-refractivity contribution >= 4 is 11.9 Å². The smallest absolute Gasteiger partial charge is 0.326 e. The Hall–Kier alpha value is -1.85. The predicted molar refractivity (Wildman–Crippen MR) is 56.9 cm³/mol. The largest absolute Gasteiger partial charge is 0.480 e. The van der Waals surface area contributed by atoms with Crippen LogP contribution in [0.3, 0.4) is 0 Å². The fourth-order valence-electron chi connectivity index (χ4n) is 1.28. The zero-order valence-electron chi connectivity index (χ0n) is 9.23. The maximum absolute atomic E-state index is 11.6. The van der Waals surface area contributed by atoms with Crippen LogP contribution in [0.15, 0.2) is 12.4 Å². The van der Waals surface area contributed by atoms with Crippen LogP contribution in [0.2, 0.25) is 0 Å². The van der Waals surface area contributed by atoms with Crippen LogP contribution < -0.4 is 5.32 Å². The highest BCUT2D eigenvalue weighted by Crippen LogP contribution is 2.08. The monoisotopic (exact) mass is 225 g/mol. The Morgan fingerprint density at radius 1 is 1.62 bits per heavy atom. The van der Waals surface area contributed by atoms with Crippen molar-refractivity contribution in [2.45, 2.75) is 26.3 Å². The lowest BCUT2D eigenvalue weighted by Crippen LogP contribution is -2.44. The number of rotatable bonds is 5. The van der Waals surface area contributed by atoms with E-state index in [1.165, 1.54) is 12.4 Å². The number of amides is 1. The van der Waals surface area contributed by atoms with Crippen molar-refractivity contribution in [3.63, 3.8) is 0 Å². The highest BCUT2D eigenvalue weighted by Gasteiger charge is 2.25. The van der Waals surface area contributed by atoms with E-state index >= 15 is 0 Å². The van der Waals surface area contributed by atoms with Gasteiger partial charge in [-0.2, -0.15) is 5.10 Å². The number of nitrogens with one attached hydrogen (secondary N) is 2. The molecule has 1 aromatic rings. The summed E-state index contributed by atoms with van der Waals surface area (Å²) in [6, 6.07) is -0.868. The fraction of sp³-hybridized carbons (Fsp3) is 0.500. The van der Waals surface area contributed by atoms with E-state index in [0.717, 1.165) is 0 Å². The normalized spacial score (nSPS) is 14.1. The maximum Gasteiger partial charge on any atom is 0.326 e. The SMILES string of the molecule is CC[C@H](C)[C@H](NC(=O)c1cn[nH]c1)C(=O)O. The summed E-state index contributed by atoms with van der Waals surface area (Å²) < 4.78 is 0. The van der Waals surface area contributed by atoms with Gasteiger partial charge >= 0.3 is 5.97 Å². The number of hydrogen-bond donors (Lipinski definition) is 3. The fourth-order valence-corrected chi connectivity index (χ4v) is 1.28. The second-order valence-corrected chi connectivity index (χ2v) is 3.66. The van der Waals surface area contributed by atoms with Gasteiger partial charge in [0.1, 0.15) is 6.04 Å². The first-order valence-corrected chi connectivity index (χ1v) is 5.08. The van der Waals surface area contributed by atoms with Gasteiger partial charge in [-0.15, -0.1) is 0 Å². The third-order valence-electron chi connectivity index (χ3n) is 2.53. The van der Waals surface area contributed by atoms with Gasteiger partial charge in [0.15, 0.2) is 0 Å². The van der Waals surface area contributed by atoms with Crippen molar-refractivity contribution in [1.82, 2.24) is 15.5 Å². The molecule has 1 aromatic heterocycles. The number of aromatic nitrogens is 2. The van der Waals surface area contributed by atoms with E-state index in [1.807, 2.05) is 6.92 Å². The second kappa shape index (κ2) is 5.29. The minimum atomic E-state index is -1.02. The van der Waals surface area contributed by atoms with Crippen LogP contribution in [-0.4, -0.2) is 33.2 Å². The van der Waals surface area contributed by atoms with Gasteiger partial charge in [-0.25, -0.2) is 4.79 Å². The Bertz CT molecular complexity index is 361. The minimum absolute atomic E-state index is 0.117. The molecule has 1 rings (SSSR count). The van der Waals surface area contributed by atoms with Gasteiger partial charge in [0.05, 0.1) is 11.8 Å². The number of hydrogen-bond acceptors (Lipinski definition) is 3. The summed E-state index contributed by atoms with van der Waals surface area (Å²) in [4.78, 5) is 22.6. The van der Waals surface area contributed by atoms with Crippen molar-refractivity contribution in [1.29, 1.82) is 0 Å². The van der Waals surface area contributed by atoms with Gasteiger partial charge < -0.3 is 10.4 Å². The molecule has 0 aliphatic heterocycles. The molecular weight excluding hydrogens is 210 g/mol. The number of nitrogens with zero attached hydrogens (tertiary/aromatic N) is 1. The molecule has 6 heteroatoms. The van der Waals surface area contributed by atoms with Crippen LogP contribution in [0.25, 0.3) is 0 Å². The van der Waals surface area contributed by atoms with E-state index in [1.54, 1.807) is 6.92 Å². The number of carbonyl (C=O) groups excluding carboxylic acids is 1. The second-order valence-electron chi connectivity index (χ2n) is 3.66. The number of carboxylic acids is 1. The molecule has 0 unspecified atom stereocenters. The number of aromatic amines is 1. The van der Waals surface area contributed by atoms with Crippen LogP contribution in [-0.2, 0) is 4.79 Å². The third kappa shape index (κ3) is 2.82. The average Bonchev–Trinajstić information content (AvgIpc) is 2.77. The first-order chi connectivity index (χ1) is 7.56. The molecule has 0 aliphatic rings. The van der Waals surface area contributed by atoms with Gasteiger partial charge in [0, 0.05) is 6.20 Å². The number of carboxylic acid groups (broad SMARTS) is 1. The van der Waals surface area contributed by atoms with E-state index < -0.39 is 17.9 Å². The predicted octanol–water partition coefficient (Wildman–Crippen LogP) is 0.639. The van der Waals surface area contributed by atoms with Crippen molar-refractivity contribution in [2.24, 2.45) is 5.92 Å². The molecule has 0 spiro atoms. The lowest BCUT2D eigenvalue weighted by molar-refractivity contribution is -0.140. The summed E-state index contributed by atoms with van der Waals surface area (Å²) in [5, 5.41) is 17.6. The molecule has 0 radical (unpaired) electrons. The Morgan fingerprint density at radius 3 is 2.75 bits per heavy atom. The van der Waals surface area contributed by atoms with E-state index in [2.05, 4.69) is 15.5 Å². The molecule has 0 bridgehead atoms. The van der Waals surface area contributed by atoms with Crippen molar-refractivity contribution < 1.29 is 14.7 Å². The summed E-state index contributed by atoms with van der Waals surface area (Å²) in [7, 11) is 0. The van der Waals surface area contributed by atoms with Crippen LogP contribution in [0.1, 0.15) is 30.6 Å². The van der Waals surface area contributed by atoms with Crippen LogP contribution in [0, 0.1) is 5.92 Å². The van der Waals surface area contributed by atoms with Crippen LogP contribution >= 0.6 is 0 Å². The summed E-state index contributed by atoms with van der Waals surface area (Å²) in [5.41, 5.74) is 0.328. The Morgan fingerprint density at radius 2 is 2.31 bits per heavy atom. The highest BCUT2D eigenvalue weighted by atomic mass is 16.4. The molecular formula is C10H15N3O3. The van der Waals surface area contributed by atoms with Gasteiger partial charge in [0.2, 0.25) is 0 Å². The first kappa shape index (κ1) is 12.2. The van der Waals surface area contributed by atoms with E-state index in [-0.39, 0.29) is 5.92 Å². The summed E-state index contributed by atoms with van der Waals surface area (Å²) >= 11 is 0. The van der Waals surface area contributed by atoms with E-state index in [9.17, 15) is 9.59 Å². The molecule has 1 amide bonds. The molecule has 2 atom stereocenters. The molecule has 6 nitrogen and oxygen atoms in total. The minimum Gasteiger partial charge on any atom is -0.480 e. The van der Waals surface area contributed by atoms with Gasteiger partial charge in [0.25, 0.3) is 5.91 Å². The Balaban J connectivity index is 2.69. The summed E-state index contributed by atoms with van der Waals surface area (Å²) in [5.74, 6) is -1.57. The average molecular weight is 225 g/mol. The first-order valence-electron chi connectivity index (χ1n) is 5.08. The lowest BCUT2D eigenvalue weighted by Gasteiger charge is -2.19. The molecule has 3 N–H and O–H groups in total. The molecule has 1 heterocycles. The topological polar surface area (TPSA) is 95.1 Å². The molecule has 0 aromatic carbocycles. The summed E-state index contributed by atoms with van der Waals surface area (Å²) in [6.07, 6.45) is 3.46. The van der Waals surface area contributed by atoms with Gasteiger partial charge in [-0.3, -0.25) is 9.89 Å². The van der Waals surface area contributed by atoms with Crippen molar-refractivity contribution in [3.8, 4) is 0 Å². The maximum atomic E-state index is 11.6. The Kier molecular flexibility index (Phi) is 4.04. The van der Waals surface area contributed by atoms with Gasteiger partial charge in [-0.05, 0) is 5.92 Å². The standard InChI is InChI=1S/C10H15N3O3/c1-3-6(2)8(10(15)16)13-9(14)7-4-11-12-5-7/h4-6,8H,3H2,1-2H3,(H,11,12)(H,13,14)(H,15,16)/t6-,8-/m0/s1. The molecule has 88 valence electrons. The van der Waals surface area contributed by atoms with Crippen molar-refractivity contribution in [2.75, 3.05) is 0 Å². The highest BCUT2D eigenvalue weighted by molar-refractivity contribution is 5.96. The number of H-pyrrole nitrogens is 1. The van der Waals surface area contributed by atoms with Crippen molar-refractivity contribution in [3.05, 3.63) is 18.0 Å². The molecule has 0 fully saturated rings. The van der Waals surface area contributed by atoms with Gasteiger partial charge in [-0.1, -0.05) is 20.3 Å². The van der Waals surface area contributed by atoms with Crippen LogP contribution in [0.4, 0.5) is 0 Å². The van der Waals surface area contributed by atoms with Crippen LogP contribution in [0.5, 0.6) is 0 Å². The molecule has 0 saturated carbocycles. The zero-order chi connectivity index (χ0) is 12.1.